The van der Waals surface area contributed by atoms with Crippen molar-refractivity contribution in [1.82, 2.24) is 4.90 Å². The number of carboxylic acids is 2. The zero-order valence-corrected chi connectivity index (χ0v) is 15.7. The zero-order valence-electron chi connectivity index (χ0n) is 13.3. The lowest BCUT2D eigenvalue weighted by Gasteiger charge is -2.11. The molecule has 1 fully saturated rings. The Morgan fingerprint density at radius 2 is 2.04 bits per heavy atom. The van der Waals surface area contributed by atoms with Gasteiger partial charge in [-0.25, -0.2) is 0 Å². The molecule has 1 aliphatic rings. The Kier molecular flexibility index (Phi) is 7.01. The fraction of sp³-hybridized carbons (Fsp3) is 0.250. The van der Waals surface area contributed by atoms with Crippen molar-refractivity contribution in [3.05, 3.63) is 33.7 Å². The van der Waals surface area contributed by atoms with E-state index >= 15 is 0 Å². The van der Waals surface area contributed by atoms with Crippen LogP contribution in [0.5, 0.6) is 5.75 Å². The van der Waals surface area contributed by atoms with Crippen molar-refractivity contribution in [3.63, 3.8) is 0 Å². The lowest BCUT2D eigenvalue weighted by molar-refractivity contribution is -0.140. The molecule has 1 amide bonds. The fourth-order valence-electron chi connectivity index (χ4n) is 2.08. The predicted molar refractivity (Wildman–Crippen MR) is 101 cm³/mol. The van der Waals surface area contributed by atoms with Crippen LogP contribution in [-0.4, -0.2) is 50.4 Å². The third-order valence-electron chi connectivity index (χ3n) is 3.22. The van der Waals surface area contributed by atoms with Gasteiger partial charge in [0.05, 0.1) is 11.5 Å². The van der Waals surface area contributed by atoms with Crippen LogP contribution in [0.25, 0.3) is 6.08 Å². The molecule has 1 aliphatic heterocycles. The second kappa shape index (κ2) is 9.02. The maximum absolute atomic E-state index is 12.3. The molecule has 1 heterocycles. The van der Waals surface area contributed by atoms with Crippen LogP contribution >= 0.6 is 35.6 Å². The summed E-state index contributed by atoms with van der Waals surface area (Å²) in [5.41, 5.74) is 0.517. The summed E-state index contributed by atoms with van der Waals surface area (Å²) in [4.78, 5) is 35.0. The number of carboxylic acid groups (broad SMARTS) is 2. The number of rotatable bonds is 8. The van der Waals surface area contributed by atoms with Crippen molar-refractivity contribution >= 4 is 63.8 Å². The molecule has 1 aromatic rings. The second-order valence-corrected chi connectivity index (χ2v) is 7.30. The minimum atomic E-state index is -1.16. The summed E-state index contributed by atoms with van der Waals surface area (Å²) in [6.07, 6.45) is 1.84. The maximum Gasteiger partial charge on any atom is 0.323 e. The highest BCUT2D eigenvalue weighted by Gasteiger charge is 2.33. The molecule has 0 aliphatic carbocycles. The van der Waals surface area contributed by atoms with Gasteiger partial charge in [-0.15, -0.1) is 0 Å². The average Bonchev–Trinajstić information content (AvgIpc) is 2.80. The van der Waals surface area contributed by atoms with Gasteiger partial charge in [0.1, 0.15) is 16.6 Å². The van der Waals surface area contributed by atoms with Crippen molar-refractivity contribution in [3.8, 4) is 5.75 Å². The number of nitrogens with zero attached hydrogens (tertiary/aromatic N) is 1. The number of aliphatic carboxylic acids is 2. The third kappa shape index (κ3) is 5.45. The van der Waals surface area contributed by atoms with Crippen molar-refractivity contribution in [2.45, 2.75) is 12.8 Å². The Bertz CT molecular complexity index is 795. The van der Waals surface area contributed by atoms with E-state index in [9.17, 15) is 14.4 Å². The molecule has 0 atom stereocenters. The number of halogens is 1. The number of thioether (sulfide) groups is 1. The van der Waals surface area contributed by atoms with Gasteiger partial charge in [-0.1, -0.05) is 35.6 Å². The molecule has 138 valence electrons. The topological polar surface area (TPSA) is 104 Å². The standard InChI is InChI=1S/C16H14ClNO6S2/c17-10-3-4-11(24-5-1-2-13(19)20)9(6-10)7-12-15(23)18(8-14(21)22)16(25)26-12/h3-4,6-7H,1-2,5,8H2,(H,19,20)(H,21,22). The van der Waals surface area contributed by atoms with E-state index in [0.717, 1.165) is 16.7 Å². The summed E-state index contributed by atoms with van der Waals surface area (Å²) in [5, 5.41) is 17.9. The van der Waals surface area contributed by atoms with Crippen LogP contribution in [-0.2, 0) is 14.4 Å². The smallest absolute Gasteiger partial charge is 0.323 e. The van der Waals surface area contributed by atoms with E-state index in [0.29, 0.717) is 22.8 Å². The number of ether oxygens (including phenoxy) is 1. The average molecular weight is 416 g/mol. The first-order valence-electron chi connectivity index (χ1n) is 7.39. The Labute approximate surface area is 163 Å². The molecule has 7 nitrogen and oxygen atoms in total. The molecule has 0 radical (unpaired) electrons. The van der Waals surface area contributed by atoms with Crippen LogP contribution in [0.1, 0.15) is 18.4 Å². The van der Waals surface area contributed by atoms with E-state index in [1.807, 2.05) is 0 Å². The molecule has 0 saturated carbocycles. The van der Waals surface area contributed by atoms with Crippen LogP contribution in [0.15, 0.2) is 23.1 Å². The minimum absolute atomic E-state index is 0.0171. The lowest BCUT2D eigenvalue weighted by atomic mass is 10.2. The zero-order chi connectivity index (χ0) is 19.3. The molecule has 1 saturated heterocycles. The first kappa shape index (κ1) is 20.2. The van der Waals surface area contributed by atoms with E-state index in [1.165, 1.54) is 6.08 Å². The minimum Gasteiger partial charge on any atom is -0.493 e. The van der Waals surface area contributed by atoms with Gasteiger partial charge in [0, 0.05) is 17.0 Å². The molecular weight excluding hydrogens is 402 g/mol. The molecule has 10 heteroatoms. The van der Waals surface area contributed by atoms with Gasteiger partial charge in [0.15, 0.2) is 0 Å². The predicted octanol–water partition coefficient (Wildman–Crippen LogP) is 2.87. The molecule has 2 rings (SSSR count). The van der Waals surface area contributed by atoms with Crippen molar-refractivity contribution in [2.75, 3.05) is 13.2 Å². The number of hydrogen-bond acceptors (Lipinski definition) is 6. The van der Waals surface area contributed by atoms with E-state index in [2.05, 4.69) is 0 Å². The molecule has 26 heavy (non-hydrogen) atoms. The molecule has 0 spiro atoms. The number of carbonyl (C=O) groups is 3. The number of hydrogen-bond donors (Lipinski definition) is 2. The van der Waals surface area contributed by atoms with Crippen LogP contribution in [0, 0.1) is 0 Å². The van der Waals surface area contributed by atoms with Gasteiger partial charge in [-0.2, -0.15) is 0 Å². The molecule has 0 aromatic heterocycles. The van der Waals surface area contributed by atoms with E-state index in [4.69, 9.17) is 38.8 Å². The number of amides is 1. The van der Waals surface area contributed by atoms with Crippen molar-refractivity contribution in [1.29, 1.82) is 0 Å². The molecule has 0 bridgehead atoms. The summed E-state index contributed by atoms with van der Waals surface area (Å²) < 4.78 is 5.74. The summed E-state index contributed by atoms with van der Waals surface area (Å²) >= 11 is 12.0. The maximum atomic E-state index is 12.3. The first-order valence-corrected chi connectivity index (χ1v) is 8.99. The SMILES string of the molecule is O=C(O)CCCOc1ccc(Cl)cc1C=C1SC(=S)N(CC(=O)O)C1=O. The highest BCUT2D eigenvalue weighted by molar-refractivity contribution is 8.26. The molecular formula is C16H14ClNO6S2. The van der Waals surface area contributed by atoms with E-state index < -0.39 is 24.4 Å². The van der Waals surface area contributed by atoms with E-state index in [-0.39, 0.29) is 22.3 Å². The van der Waals surface area contributed by atoms with Gasteiger partial charge in [0.2, 0.25) is 0 Å². The highest BCUT2D eigenvalue weighted by atomic mass is 35.5. The Morgan fingerprint density at radius 3 is 2.69 bits per heavy atom. The Morgan fingerprint density at radius 1 is 1.31 bits per heavy atom. The van der Waals surface area contributed by atoms with Gasteiger partial charge < -0.3 is 14.9 Å². The molecule has 2 N–H and O–H groups in total. The summed E-state index contributed by atoms with van der Waals surface area (Å²) in [6.45, 7) is -0.315. The van der Waals surface area contributed by atoms with E-state index in [1.54, 1.807) is 18.2 Å². The fourth-order valence-corrected chi connectivity index (χ4v) is 3.51. The van der Waals surface area contributed by atoms with Crippen molar-refractivity contribution in [2.24, 2.45) is 0 Å². The number of benzene rings is 1. The highest BCUT2D eigenvalue weighted by Crippen LogP contribution is 2.35. The molecule has 0 unspecified atom stereocenters. The van der Waals surface area contributed by atoms with Crippen LogP contribution in [0.4, 0.5) is 0 Å². The largest absolute Gasteiger partial charge is 0.493 e. The number of carbonyl (C=O) groups excluding carboxylic acids is 1. The summed E-state index contributed by atoms with van der Waals surface area (Å²) in [5.74, 6) is -2.14. The summed E-state index contributed by atoms with van der Waals surface area (Å²) in [7, 11) is 0. The second-order valence-electron chi connectivity index (χ2n) is 5.19. The summed E-state index contributed by atoms with van der Waals surface area (Å²) in [6, 6.07) is 4.83. The van der Waals surface area contributed by atoms with Crippen LogP contribution in [0.3, 0.4) is 0 Å². The van der Waals surface area contributed by atoms with Gasteiger partial charge in [0.25, 0.3) is 5.91 Å². The molecule has 1 aromatic carbocycles. The number of thiocarbonyl (C=S) groups is 1. The monoisotopic (exact) mass is 415 g/mol. The normalized spacial score (nSPS) is 15.6. The van der Waals surface area contributed by atoms with Gasteiger partial charge >= 0.3 is 11.9 Å². The lowest BCUT2D eigenvalue weighted by Crippen LogP contribution is -2.33. The van der Waals surface area contributed by atoms with Crippen LogP contribution in [0.2, 0.25) is 5.02 Å². The Hall–Kier alpha value is -2.10. The third-order valence-corrected chi connectivity index (χ3v) is 4.83. The van der Waals surface area contributed by atoms with Gasteiger partial charge in [-0.3, -0.25) is 19.3 Å². The first-order chi connectivity index (χ1) is 12.3. The quantitative estimate of drug-likeness (QED) is 0.379. The Balaban J connectivity index is 2.19. The van der Waals surface area contributed by atoms with Crippen molar-refractivity contribution < 1.29 is 29.3 Å². The van der Waals surface area contributed by atoms with Gasteiger partial charge in [-0.05, 0) is 30.7 Å². The van der Waals surface area contributed by atoms with Crippen LogP contribution < -0.4 is 4.74 Å².